The van der Waals surface area contributed by atoms with E-state index in [1.807, 2.05) is 0 Å². The van der Waals surface area contributed by atoms with Gasteiger partial charge in [0.05, 0.1) is 11.3 Å². The van der Waals surface area contributed by atoms with E-state index in [2.05, 4.69) is 34.6 Å². The molecule has 18 heavy (non-hydrogen) atoms. The minimum Gasteiger partial charge on any atom is -0.382 e. The second-order valence-corrected chi connectivity index (χ2v) is 6.41. The van der Waals surface area contributed by atoms with Crippen molar-refractivity contribution in [2.45, 2.75) is 44.4 Å². The van der Waals surface area contributed by atoms with Gasteiger partial charge >= 0.3 is 0 Å². The SMILES string of the molecule is CC1(c2[nH]nc(N)c2-c2cccs2)CCCCC1. The molecule has 0 spiro atoms. The van der Waals surface area contributed by atoms with Crippen LogP contribution in [-0.2, 0) is 5.41 Å². The Balaban J connectivity index is 2.07. The number of hydrogen-bond donors (Lipinski definition) is 2. The lowest BCUT2D eigenvalue weighted by Crippen LogP contribution is -2.26. The highest BCUT2D eigenvalue weighted by atomic mass is 32.1. The first-order chi connectivity index (χ1) is 8.71. The summed E-state index contributed by atoms with van der Waals surface area (Å²) in [4.78, 5) is 1.23. The zero-order valence-corrected chi connectivity index (χ0v) is 11.5. The standard InChI is InChI=1S/C14H19N3S/c1-14(7-3-2-4-8-14)12-11(13(15)17-16-12)10-6-5-9-18-10/h5-6,9H,2-4,7-8H2,1H3,(H3,15,16,17). The summed E-state index contributed by atoms with van der Waals surface area (Å²) in [6.07, 6.45) is 6.42. The summed E-state index contributed by atoms with van der Waals surface area (Å²) in [5, 5.41) is 9.55. The van der Waals surface area contributed by atoms with E-state index >= 15 is 0 Å². The van der Waals surface area contributed by atoms with Crippen LogP contribution in [0, 0.1) is 0 Å². The molecule has 0 bridgehead atoms. The first kappa shape index (κ1) is 11.8. The minimum atomic E-state index is 0.211. The molecular weight excluding hydrogens is 242 g/mol. The number of H-pyrrole nitrogens is 1. The zero-order valence-electron chi connectivity index (χ0n) is 10.7. The predicted molar refractivity (Wildman–Crippen MR) is 76.8 cm³/mol. The lowest BCUT2D eigenvalue weighted by Gasteiger charge is -2.33. The summed E-state index contributed by atoms with van der Waals surface area (Å²) in [6, 6.07) is 4.20. The zero-order chi connectivity index (χ0) is 12.6. The van der Waals surface area contributed by atoms with Gasteiger partial charge in [0.2, 0.25) is 0 Å². The maximum atomic E-state index is 6.06. The Bertz CT molecular complexity index is 521. The molecule has 0 atom stereocenters. The number of aromatic nitrogens is 2. The van der Waals surface area contributed by atoms with Gasteiger partial charge in [0.1, 0.15) is 0 Å². The van der Waals surface area contributed by atoms with Crippen LogP contribution < -0.4 is 5.73 Å². The summed E-state index contributed by atoms with van der Waals surface area (Å²) in [5.74, 6) is 0.638. The smallest absolute Gasteiger partial charge is 0.154 e. The van der Waals surface area contributed by atoms with Crippen LogP contribution in [0.4, 0.5) is 5.82 Å². The fourth-order valence-corrected chi connectivity index (χ4v) is 3.83. The van der Waals surface area contributed by atoms with Gasteiger partial charge in [0.15, 0.2) is 5.82 Å². The van der Waals surface area contributed by atoms with E-state index in [9.17, 15) is 0 Å². The van der Waals surface area contributed by atoms with Crippen LogP contribution >= 0.6 is 11.3 Å². The summed E-state index contributed by atoms with van der Waals surface area (Å²) in [7, 11) is 0. The Kier molecular flexibility index (Phi) is 2.90. The molecule has 1 aliphatic rings. The Labute approximate surface area is 111 Å². The van der Waals surface area contributed by atoms with Crippen molar-refractivity contribution in [2.75, 3.05) is 5.73 Å². The third-order valence-electron chi connectivity index (χ3n) is 4.12. The van der Waals surface area contributed by atoms with Crippen molar-refractivity contribution in [1.82, 2.24) is 10.2 Å². The summed E-state index contributed by atoms with van der Waals surface area (Å²) in [5.41, 5.74) is 8.64. The van der Waals surface area contributed by atoms with E-state index in [1.165, 1.54) is 42.7 Å². The number of anilines is 1. The van der Waals surface area contributed by atoms with Crippen LogP contribution in [0.3, 0.4) is 0 Å². The van der Waals surface area contributed by atoms with Gasteiger partial charge in [0, 0.05) is 10.3 Å². The second kappa shape index (κ2) is 4.43. The van der Waals surface area contributed by atoms with Gasteiger partial charge in [-0.25, -0.2) is 0 Å². The molecule has 1 aliphatic carbocycles. The molecule has 2 aromatic heterocycles. The molecule has 1 saturated carbocycles. The van der Waals surface area contributed by atoms with E-state index < -0.39 is 0 Å². The lowest BCUT2D eigenvalue weighted by atomic mass is 9.72. The first-order valence-electron chi connectivity index (χ1n) is 6.59. The predicted octanol–water partition coefficient (Wildman–Crippen LogP) is 3.94. The number of nitrogen functional groups attached to an aromatic ring is 1. The van der Waals surface area contributed by atoms with Gasteiger partial charge in [-0.05, 0) is 24.3 Å². The molecule has 3 rings (SSSR count). The van der Waals surface area contributed by atoms with Gasteiger partial charge in [-0.1, -0.05) is 32.3 Å². The Hall–Kier alpha value is -1.29. The topological polar surface area (TPSA) is 54.7 Å². The fourth-order valence-electron chi connectivity index (χ4n) is 3.05. The molecule has 4 heteroatoms. The molecule has 0 unspecified atom stereocenters. The summed E-state index contributed by atoms with van der Waals surface area (Å²) in [6.45, 7) is 2.34. The van der Waals surface area contributed by atoms with Crippen molar-refractivity contribution in [3.8, 4) is 10.4 Å². The quantitative estimate of drug-likeness (QED) is 0.860. The van der Waals surface area contributed by atoms with Gasteiger partial charge in [-0.3, -0.25) is 5.10 Å². The highest BCUT2D eigenvalue weighted by molar-refractivity contribution is 7.13. The number of nitrogens with zero attached hydrogens (tertiary/aromatic N) is 1. The number of aromatic amines is 1. The molecule has 0 radical (unpaired) electrons. The molecular formula is C14H19N3S. The molecule has 1 fully saturated rings. The van der Waals surface area contributed by atoms with E-state index in [0.717, 1.165) is 5.56 Å². The van der Waals surface area contributed by atoms with Crippen molar-refractivity contribution in [3.63, 3.8) is 0 Å². The average molecular weight is 261 g/mol. The van der Waals surface area contributed by atoms with Gasteiger partial charge < -0.3 is 5.73 Å². The lowest BCUT2D eigenvalue weighted by molar-refractivity contribution is 0.312. The Morgan fingerprint density at radius 2 is 2.11 bits per heavy atom. The third kappa shape index (κ3) is 1.85. The van der Waals surface area contributed by atoms with Gasteiger partial charge in [0.25, 0.3) is 0 Å². The highest BCUT2D eigenvalue weighted by Crippen LogP contribution is 2.44. The average Bonchev–Trinajstić information content (AvgIpc) is 2.98. The molecule has 0 aliphatic heterocycles. The van der Waals surface area contributed by atoms with Crippen molar-refractivity contribution in [2.24, 2.45) is 0 Å². The molecule has 0 amide bonds. The summed E-state index contributed by atoms with van der Waals surface area (Å²) >= 11 is 1.73. The van der Waals surface area contributed by atoms with E-state index in [4.69, 9.17) is 5.73 Å². The van der Waals surface area contributed by atoms with Gasteiger partial charge in [-0.15, -0.1) is 11.3 Å². The highest BCUT2D eigenvalue weighted by Gasteiger charge is 2.34. The molecule has 2 aromatic rings. The number of nitrogens with two attached hydrogens (primary N) is 1. The molecule has 0 aromatic carbocycles. The molecule has 96 valence electrons. The third-order valence-corrected chi connectivity index (χ3v) is 5.01. The molecule has 0 saturated heterocycles. The van der Waals surface area contributed by atoms with Crippen molar-refractivity contribution in [3.05, 3.63) is 23.2 Å². The molecule has 3 nitrogen and oxygen atoms in total. The maximum Gasteiger partial charge on any atom is 0.154 e. The van der Waals surface area contributed by atoms with E-state index in [1.54, 1.807) is 11.3 Å². The van der Waals surface area contributed by atoms with Crippen molar-refractivity contribution in [1.29, 1.82) is 0 Å². The number of hydrogen-bond acceptors (Lipinski definition) is 3. The van der Waals surface area contributed by atoms with Crippen LogP contribution in [0.15, 0.2) is 17.5 Å². The minimum absolute atomic E-state index is 0.211. The number of rotatable bonds is 2. The van der Waals surface area contributed by atoms with E-state index in [0.29, 0.717) is 5.82 Å². The van der Waals surface area contributed by atoms with Crippen LogP contribution in [-0.4, -0.2) is 10.2 Å². The van der Waals surface area contributed by atoms with Crippen molar-refractivity contribution < 1.29 is 0 Å². The maximum absolute atomic E-state index is 6.06. The molecule has 2 heterocycles. The fraction of sp³-hybridized carbons (Fsp3) is 0.500. The van der Waals surface area contributed by atoms with Gasteiger partial charge in [-0.2, -0.15) is 5.10 Å². The van der Waals surface area contributed by atoms with Crippen LogP contribution in [0.25, 0.3) is 10.4 Å². The second-order valence-electron chi connectivity index (χ2n) is 5.46. The Morgan fingerprint density at radius 3 is 2.78 bits per heavy atom. The Morgan fingerprint density at radius 1 is 1.33 bits per heavy atom. The first-order valence-corrected chi connectivity index (χ1v) is 7.47. The summed E-state index contributed by atoms with van der Waals surface area (Å²) < 4.78 is 0. The van der Waals surface area contributed by atoms with Crippen LogP contribution in [0.2, 0.25) is 0 Å². The number of nitrogens with one attached hydrogen (secondary N) is 1. The molecule has 3 N–H and O–H groups in total. The monoisotopic (exact) mass is 261 g/mol. The van der Waals surface area contributed by atoms with Crippen LogP contribution in [0.1, 0.15) is 44.7 Å². The normalized spacial score (nSPS) is 18.9. The number of thiophene rings is 1. The largest absolute Gasteiger partial charge is 0.382 e. The van der Waals surface area contributed by atoms with Crippen LogP contribution in [0.5, 0.6) is 0 Å². The van der Waals surface area contributed by atoms with E-state index in [-0.39, 0.29) is 5.41 Å². The van der Waals surface area contributed by atoms with Crippen molar-refractivity contribution >= 4 is 17.2 Å².